The van der Waals surface area contributed by atoms with Gasteiger partial charge in [-0.1, -0.05) is 41.6 Å². The number of nitrogens with one attached hydrogen (secondary N) is 1. The average molecular weight is 476 g/mol. The zero-order valence-corrected chi connectivity index (χ0v) is 19.1. The van der Waals surface area contributed by atoms with Crippen LogP contribution >= 0.6 is 23.4 Å². The van der Waals surface area contributed by atoms with Crippen molar-refractivity contribution >= 4 is 45.9 Å². The number of hydrogen-bond acceptors (Lipinski definition) is 6. The van der Waals surface area contributed by atoms with Crippen molar-refractivity contribution in [2.75, 3.05) is 11.1 Å². The summed E-state index contributed by atoms with van der Waals surface area (Å²) in [7, 11) is 0. The summed E-state index contributed by atoms with van der Waals surface area (Å²) in [5, 5.41) is 13.7. The lowest BCUT2D eigenvalue weighted by Gasteiger charge is -2.11. The lowest BCUT2D eigenvalue weighted by Crippen LogP contribution is -2.15. The second kappa shape index (κ2) is 9.09. The minimum absolute atomic E-state index is 0.152. The molecule has 1 amide bonds. The second-order valence-corrected chi connectivity index (χ2v) is 8.64. The minimum atomic E-state index is -0.152. The smallest absolute Gasteiger partial charge is 0.234 e. The zero-order valence-electron chi connectivity index (χ0n) is 17.5. The zero-order chi connectivity index (χ0) is 22.8. The summed E-state index contributed by atoms with van der Waals surface area (Å²) >= 11 is 7.35. The van der Waals surface area contributed by atoms with E-state index in [2.05, 4.69) is 20.5 Å². The van der Waals surface area contributed by atoms with Gasteiger partial charge in [0, 0.05) is 21.8 Å². The van der Waals surface area contributed by atoms with Crippen LogP contribution in [0.25, 0.3) is 28.2 Å². The maximum absolute atomic E-state index is 12.8. The summed E-state index contributed by atoms with van der Waals surface area (Å²) in [4.78, 5) is 17.3. The van der Waals surface area contributed by atoms with Crippen molar-refractivity contribution in [1.29, 1.82) is 0 Å². The first-order valence-electron chi connectivity index (χ1n) is 10.1. The molecular formula is C24H18ClN5O2S. The molecule has 0 bridgehead atoms. The number of furan rings is 1. The predicted molar refractivity (Wildman–Crippen MR) is 130 cm³/mol. The third-order valence-electron chi connectivity index (χ3n) is 4.91. The summed E-state index contributed by atoms with van der Waals surface area (Å²) < 4.78 is 7.38. The van der Waals surface area contributed by atoms with Gasteiger partial charge < -0.3 is 9.73 Å². The number of halogens is 1. The number of anilines is 1. The number of pyridine rings is 1. The number of rotatable bonds is 6. The number of carbonyl (C=O) groups excluding carboxylic acids is 1. The first-order valence-corrected chi connectivity index (χ1v) is 11.5. The number of carbonyl (C=O) groups is 1. The maximum atomic E-state index is 12.8. The number of thioether (sulfide) groups is 1. The fourth-order valence-electron chi connectivity index (χ4n) is 3.48. The lowest BCUT2D eigenvalue weighted by atomic mass is 10.1. The predicted octanol–water partition coefficient (Wildman–Crippen LogP) is 5.77. The molecule has 2 aromatic carbocycles. The summed E-state index contributed by atoms with van der Waals surface area (Å²) in [5.74, 6) is 1.12. The van der Waals surface area contributed by atoms with Crippen LogP contribution in [0.15, 0.2) is 82.6 Å². The Morgan fingerprint density at radius 3 is 2.70 bits per heavy atom. The van der Waals surface area contributed by atoms with Gasteiger partial charge in [0.25, 0.3) is 0 Å². The van der Waals surface area contributed by atoms with Crippen LogP contribution in [0.2, 0.25) is 5.02 Å². The van der Waals surface area contributed by atoms with Crippen LogP contribution in [-0.4, -0.2) is 31.4 Å². The Hall–Kier alpha value is -3.62. The molecule has 0 spiro atoms. The molecule has 0 radical (unpaired) electrons. The molecule has 0 saturated heterocycles. The molecule has 3 heterocycles. The second-order valence-electron chi connectivity index (χ2n) is 7.26. The maximum Gasteiger partial charge on any atom is 0.234 e. The summed E-state index contributed by atoms with van der Waals surface area (Å²) in [6.45, 7) is 1.90. The van der Waals surface area contributed by atoms with Crippen LogP contribution in [0.1, 0.15) is 5.69 Å². The quantitative estimate of drug-likeness (QED) is 0.314. The number of fused-ring (bicyclic) bond motifs is 1. The number of nitrogens with zero attached hydrogens (tertiary/aromatic N) is 4. The molecule has 0 aliphatic rings. The van der Waals surface area contributed by atoms with Gasteiger partial charge in [-0.2, -0.15) is 0 Å². The van der Waals surface area contributed by atoms with E-state index in [1.54, 1.807) is 24.5 Å². The highest BCUT2D eigenvalue weighted by Gasteiger charge is 2.19. The average Bonchev–Trinajstić information content (AvgIpc) is 3.48. The number of benzene rings is 2. The molecule has 0 aliphatic carbocycles. The van der Waals surface area contributed by atoms with Crippen molar-refractivity contribution in [3.63, 3.8) is 0 Å². The molecule has 9 heteroatoms. The molecular weight excluding hydrogens is 458 g/mol. The SMILES string of the molecule is Cc1cc(NC(=O)CSc2nnc(-c3ccco3)n2-c2ccc(Cl)cc2)c2ccccc2n1. The fourth-order valence-corrected chi connectivity index (χ4v) is 4.36. The van der Waals surface area contributed by atoms with Crippen molar-refractivity contribution < 1.29 is 9.21 Å². The first-order chi connectivity index (χ1) is 16.1. The minimum Gasteiger partial charge on any atom is -0.461 e. The van der Waals surface area contributed by atoms with Crippen LogP contribution in [0.4, 0.5) is 5.69 Å². The number of hydrogen-bond donors (Lipinski definition) is 1. The Morgan fingerprint density at radius 2 is 1.91 bits per heavy atom. The Morgan fingerprint density at radius 1 is 1.09 bits per heavy atom. The Labute approximate surface area is 198 Å². The van der Waals surface area contributed by atoms with Crippen LogP contribution in [-0.2, 0) is 4.79 Å². The molecule has 33 heavy (non-hydrogen) atoms. The van der Waals surface area contributed by atoms with Crippen molar-refractivity contribution in [3.05, 3.63) is 83.7 Å². The first kappa shape index (κ1) is 21.2. The Balaban J connectivity index is 1.40. The molecule has 0 aliphatic heterocycles. The molecule has 0 atom stereocenters. The molecule has 0 unspecified atom stereocenters. The fraction of sp³-hybridized carbons (Fsp3) is 0.0833. The van der Waals surface area contributed by atoms with E-state index >= 15 is 0 Å². The van der Waals surface area contributed by atoms with E-state index in [0.717, 1.165) is 28.0 Å². The van der Waals surface area contributed by atoms with Gasteiger partial charge in [-0.05, 0) is 55.5 Å². The van der Waals surface area contributed by atoms with E-state index in [-0.39, 0.29) is 11.7 Å². The monoisotopic (exact) mass is 475 g/mol. The van der Waals surface area contributed by atoms with Crippen LogP contribution < -0.4 is 5.32 Å². The van der Waals surface area contributed by atoms with Crippen molar-refractivity contribution in [3.8, 4) is 17.3 Å². The summed E-state index contributed by atoms with van der Waals surface area (Å²) in [5.41, 5.74) is 3.22. The van der Waals surface area contributed by atoms with Gasteiger partial charge in [0.1, 0.15) is 0 Å². The lowest BCUT2D eigenvalue weighted by molar-refractivity contribution is -0.113. The highest BCUT2D eigenvalue weighted by atomic mass is 35.5. The van der Waals surface area contributed by atoms with E-state index < -0.39 is 0 Å². The van der Waals surface area contributed by atoms with Crippen molar-refractivity contribution in [1.82, 2.24) is 19.7 Å². The number of aryl methyl sites for hydroxylation is 1. The molecule has 0 fully saturated rings. The Kier molecular flexibility index (Phi) is 5.85. The standard InChI is InChI=1S/C24H18ClN5O2S/c1-15-13-20(18-5-2-3-6-19(18)26-15)27-22(31)14-33-24-29-28-23(21-7-4-12-32-21)30(24)17-10-8-16(25)9-11-17/h2-13H,14H2,1H3,(H,26,27,31). The van der Waals surface area contributed by atoms with Gasteiger partial charge in [-0.15, -0.1) is 10.2 Å². The molecule has 3 aromatic heterocycles. The van der Waals surface area contributed by atoms with Crippen LogP contribution in [0.5, 0.6) is 0 Å². The molecule has 0 saturated carbocycles. The molecule has 1 N–H and O–H groups in total. The van der Waals surface area contributed by atoms with Crippen molar-refractivity contribution in [2.24, 2.45) is 0 Å². The van der Waals surface area contributed by atoms with E-state index in [4.69, 9.17) is 16.0 Å². The van der Waals surface area contributed by atoms with Crippen LogP contribution in [0, 0.1) is 6.92 Å². The van der Waals surface area contributed by atoms with Gasteiger partial charge in [0.15, 0.2) is 10.9 Å². The third kappa shape index (κ3) is 4.48. The van der Waals surface area contributed by atoms with Gasteiger partial charge in [-0.3, -0.25) is 14.3 Å². The number of amides is 1. The van der Waals surface area contributed by atoms with Crippen molar-refractivity contribution in [2.45, 2.75) is 12.1 Å². The van der Waals surface area contributed by atoms with Gasteiger partial charge in [-0.25, -0.2) is 0 Å². The van der Waals surface area contributed by atoms with E-state index in [1.807, 2.05) is 60.0 Å². The van der Waals surface area contributed by atoms with Gasteiger partial charge >= 0.3 is 0 Å². The van der Waals surface area contributed by atoms with Gasteiger partial charge in [0.05, 0.1) is 23.2 Å². The summed E-state index contributed by atoms with van der Waals surface area (Å²) in [6, 6.07) is 20.5. The topological polar surface area (TPSA) is 85.8 Å². The van der Waals surface area contributed by atoms with Gasteiger partial charge in [0.2, 0.25) is 11.7 Å². The Bertz CT molecular complexity index is 1430. The normalized spacial score (nSPS) is 11.1. The summed E-state index contributed by atoms with van der Waals surface area (Å²) in [6.07, 6.45) is 1.58. The highest BCUT2D eigenvalue weighted by molar-refractivity contribution is 7.99. The number of para-hydroxylation sites is 1. The highest BCUT2D eigenvalue weighted by Crippen LogP contribution is 2.29. The molecule has 164 valence electrons. The van der Waals surface area contributed by atoms with E-state index in [0.29, 0.717) is 21.8 Å². The number of aromatic nitrogens is 4. The third-order valence-corrected chi connectivity index (χ3v) is 6.09. The molecule has 5 aromatic rings. The van der Waals surface area contributed by atoms with E-state index in [9.17, 15) is 4.79 Å². The molecule has 7 nitrogen and oxygen atoms in total. The van der Waals surface area contributed by atoms with E-state index in [1.165, 1.54) is 11.8 Å². The van der Waals surface area contributed by atoms with Crippen LogP contribution in [0.3, 0.4) is 0 Å². The largest absolute Gasteiger partial charge is 0.461 e. The molecule has 5 rings (SSSR count).